The van der Waals surface area contributed by atoms with E-state index in [1.807, 2.05) is 0 Å². The summed E-state index contributed by atoms with van der Waals surface area (Å²) in [4.78, 5) is 50.4. The van der Waals surface area contributed by atoms with Gasteiger partial charge in [0.1, 0.15) is 30.2 Å². The molecular formula is C10H18N3O14P3. The Labute approximate surface area is 167 Å². The second-order valence-electron chi connectivity index (χ2n) is 5.94. The molecular weight excluding hydrogens is 479 g/mol. The largest absolute Gasteiger partial charge is 0.490 e. The molecule has 1 fully saturated rings. The minimum Gasteiger partial charge on any atom is -0.387 e. The van der Waals surface area contributed by atoms with E-state index in [2.05, 4.69) is 18.1 Å². The van der Waals surface area contributed by atoms with Crippen LogP contribution in [0.3, 0.4) is 0 Å². The van der Waals surface area contributed by atoms with Crippen molar-refractivity contribution in [3.05, 3.63) is 22.2 Å². The van der Waals surface area contributed by atoms with E-state index in [0.717, 1.165) is 4.57 Å². The van der Waals surface area contributed by atoms with Crippen molar-refractivity contribution in [2.75, 3.05) is 12.3 Å². The molecule has 20 heteroatoms. The Morgan fingerprint density at radius 3 is 2.30 bits per heavy atom. The van der Waals surface area contributed by atoms with E-state index >= 15 is 0 Å². The molecule has 1 aliphatic rings. The fraction of sp³-hybridized carbons (Fsp3) is 0.600. The van der Waals surface area contributed by atoms with Crippen LogP contribution in [0.5, 0.6) is 0 Å². The third-order valence-corrected chi connectivity index (χ3v) is 7.44. The van der Waals surface area contributed by atoms with E-state index in [1.54, 1.807) is 0 Å². The number of nitrogens with zero attached hydrogens (tertiary/aromatic N) is 2. The topological polar surface area (TPSA) is 270 Å². The highest BCUT2D eigenvalue weighted by Crippen LogP contribution is 2.66. The summed E-state index contributed by atoms with van der Waals surface area (Å²) in [5, 5.41) is 20.2. The monoisotopic (exact) mass is 497 g/mol. The summed E-state index contributed by atoms with van der Waals surface area (Å²) >= 11 is 0. The number of anilines is 1. The van der Waals surface area contributed by atoms with Crippen molar-refractivity contribution in [3.63, 3.8) is 0 Å². The molecule has 0 saturated carbocycles. The molecule has 1 aliphatic heterocycles. The highest BCUT2D eigenvalue weighted by atomic mass is 31.3. The molecule has 1 aromatic heterocycles. The smallest absolute Gasteiger partial charge is 0.387 e. The Morgan fingerprint density at radius 1 is 1.13 bits per heavy atom. The quantitative estimate of drug-likeness (QED) is 0.189. The predicted octanol–water partition coefficient (Wildman–Crippen LogP) is -2.13. The number of aliphatic hydroxyl groups excluding tert-OH is 2. The molecule has 2 unspecified atom stereocenters. The van der Waals surface area contributed by atoms with Crippen molar-refractivity contribution in [2.45, 2.75) is 24.4 Å². The second kappa shape index (κ2) is 8.84. The fourth-order valence-electron chi connectivity index (χ4n) is 2.41. The summed E-state index contributed by atoms with van der Waals surface area (Å²) in [7, 11) is -15.4. The third kappa shape index (κ3) is 6.48. The molecule has 2 rings (SSSR count). The van der Waals surface area contributed by atoms with Crippen LogP contribution in [0.2, 0.25) is 0 Å². The van der Waals surface area contributed by atoms with Gasteiger partial charge in [-0.15, -0.1) is 0 Å². The molecule has 30 heavy (non-hydrogen) atoms. The lowest BCUT2D eigenvalue weighted by atomic mass is 10.0. The number of phosphoric ester groups is 1. The van der Waals surface area contributed by atoms with Crippen LogP contribution >= 0.6 is 23.5 Å². The van der Waals surface area contributed by atoms with Crippen molar-refractivity contribution < 1.29 is 61.4 Å². The van der Waals surface area contributed by atoms with Crippen molar-refractivity contribution in [3.8, 4) is 0 Å². The van der Waals surface area contributed by atoms with Gasteiger partial charge in [0, 0.05) is 18.8 Å². The van der Waals surface area contributed by atoms with Gasteiger partial charge in [-0.25, -0.2) is 18.5 Å². The number of phosphoric acid groups is 3. The lowest BCUT2D eigenvalue weighted by molar-refractivity contribution is -0.0223. The molecule has 8 N–H and O–H groups in total. The number of hydrogen-bond acceptors (Lipinski definition) is 12. The number of nitrogens with two attached hydrogens (primary N) is 1. The molecule has 0 spiro atoms. The molecule has 0 radical (unpaired) electrons. The number of aliphatic hydroxyl groups is 2. The van der Waals surface area contributed by atoms with Crippen LogP contribution in [-0.4, -0.2) is 64.3 Å². The summed E-state index contributed by atoms with van der Waals surface area (Å²) in [5.41, 5.74) is 4.93. The first-order valence-electron chi connectivity index (χ1n) is 7.64. The van der Waals surface area contributed by atoms with Crippen LogP contribution in [0.25, 0.3) is 0 Å². The molecule has 0 aliphatic carbocycles. The first-order valence-corrected chi connectivity index (χ1v) is 12.2. The normalized spacial score (nSPS) is 28.8. The van der Waals surface area contributed by atoms with Crippen molar-refractivity contribution >= 4 is 29.3 Å². The zero-order chi connectivity index (χ0) is 23.1. The van der Waals surface area contributed by atoms with E-state index in [-0.39, 0.29) is 11.4 Å². The Morgan fingerprint density at radius 2 is 1.73 bits per heavy atom. The average molecular weight is 497 g/mol. The lowest BCUT2D eigenvalue weighted by Gasteiger charge is -2.19. The van der Waals surface area contributed by atoms with Crippen LogP contribution < -0.4 is 11.4 Å². The lowest BCUT2D eigenvalue weighted by Crippen LogP contribution is -2.33. The maximum Gasteiger partial charge on any atom is 0.490 e. The van der Waals surface area contributed by atoms with Crippen LogP contribution in [0.15, 0.2) is 11.0 Å². The summed E-state index contributed by atoms with van der Waals surface area (Å²) < 4.78 is 51.4. The molecule has 0 amide bonds. The third-order valence-electron chi connectivity index (χ3n) is 3.63. The van der Waals surface area contributed by atoms with Crippen molar-refractivity contribution in [1.29, 1.82) is 0 Å². The SMILES string of the molecule is Cn1cc([C@@H]2O[C@H](COP(=O)(O)OP(=O)(O)OP(=O)(O)O)[C@@H](O)[C@H]2O)c(N)nc1=O. The summed E-state index contributed by atoms with van der Waals surface area (Å²) in [5.74, 6) is -0.303. The zero-order valence-corrected chi connectivity index (χ0v) is 17.5. The maximum absolute atomic E-state index is 11.7. The number of aromatic nitrogens is 2. The first-order chi connectivity index (χ1) is 13.5. The number of ether oxygens (including phenoxy) is 1. The van der Waals surface area contributed by atoms with Crippen LogP contribution in [0.1, 0.15) is 11.7 Å². The van der Waals surface area contributed by atoms with Gasteiger partial charge in [0.2, 0.25) is 0 Å². The van der Waals surface area contributed by atoms with Gasteiger partial charge >= 0.3 is 29.2 Å². The minimum atomic E-state index is -5.71. The first kappa shape index (κ1) is 25.2. The molecule has 17 nitrogen and oxygen atoms in total. The Bertz CT molecular complexity index is 992. The minimum absolute atomic E-state index is 0.0180. The van der Waals surface area contributed by atoms with Crippen LogP contribution in [-0.2, 0) is 38.6 Å². The van der Waals surface area contributed by atoms with E-state index in [4.69, 9.17) is 25.2 Å². The summed E-state index contributed by atoms with van der Waals surface area (Å²) in [6, 6.07) is 0. The predicted molar refractivity (Wildman–Crippen MR) is 93.3 cm³/mol. The van der Waals surface area contributed by atoms with Gasteiger partial charge in [0.05, 0.1) is 6.61 Å². The molecule has 2 heterocycles. The zero-order valence-electron chi connectivity index (χ0n) is 14.9. The Balaban J connectivity index is 2.08. The molecule has 0 bridgehead atoms. The molecule has 172 valence electrons. The van der Waals surface area contributed by atoms with Gasteiger partial charge in [0.15, 0.2) is 0 Å². The summed E-state index contributed by atoms with van der Waals surface area (Å²) in [6.07, 6.45) is -4.98. The molecule has 0 aromatic carbocycles. The van der Waals surface area contributed by atoms with Crippen LogP contribution in [0.4, 0.5) is 5.82 Å². The highest BCUT2D eigenvalue weighted by Gasteiger charge is 2.47. The van der Waals surface area contributed by atoms with Gasteiger partial charge in [-0.05, 0) is 0 Å². The fourth-order valence-corrected chi connectivity index (χ4v) is 5.44. The van der Waals surface area contributed by atoms with Crippen molar-refractivity contribution in [2.24, 2.45) is 7.05 Å². The number of aryl methyl sites for hydroxylation is 1. The molecule has 1 saturated heterocycles. The summed E-state index contributed by atoms with van der Waals surface area (Å²) in [6.45, 7) is -0.989. The number of hydrogen-bond donors (Lipinski definition) is 7. The van der Waals surface area contributed by atoms with Gasteiger partial charge in [-0.2, -0.15) is 13.6 Å². The van der Waals surface area contributed by atoms with E-state index in [0.29, 0.717) is 0 Å². The Hall–Kier alpha value is -1.03. The maximum atomic E-state index is 11.7. The van der Waals surface area contributed by atoms with E-state index < -0.39 is 60.2 Å². The average Bonchev–Trinajstić information content (AvgIpc) is 2.81. The van der Waals surface area contributed by atoms with Gasteiger partial charge < -0.3 is 44.8 Å². The number of rotatable bonds is 8. The second-order valence-corrected chi connectivity index (χ2v) is 10.4. The van der Waals surface area contributed by atoms with Gasteiger partial charge in [-0.1, -0.05) is 0 Å². The van der Waals surface area contributed by atoms with Gasteiger partial charge in [0.25, 0.3) is 0 Å². The number of nitrogen functional groups attached to an aromatic ring is 1. The van der Waals surface area contributed by atoms with Gasteiger partial charge in [-0.3, -0.25) is 4.52 Å². The molecule has 1 aromatic rings. The highest BCUT2D eigenvalue weighted by molar-refractivity contribution is 7.66. The van der Waals surface area contributed by atoms with E-state index in [1.165, 1.54) is 13.2 Å². The van der Waals surface area contributed by atoms with Crippen LogP contribution in [0, 0.1) is 0 Å². The van der Waals surface area contributed by atoms with Crippen molar-refractivity contribution in [1.82, 2.24) is 9.55 Å². The standard InChI is InChI=1S/C10H18N3O14P3/c1-13-2-4(9(11)12-10(13)16)8-7(15)6(14)5(25-8)3-24-29(20,21)27-30(22,23)26-28(17,18)19/h2,5-8,14-15H,3H2,1H3,(H,20,21)(H,22,23)(H2,11,12,16)(H2,17,18,19)/t5-,6-,7-,8+/m1/s1. The molecule has 6 atom stereocenters. The van der Waals surface area contributed by atoms with E-state index in [9.17, 15) is 33.6 Å². The Kier molecular flexibility index (Phi) is 7.44.